The van der Waals surface area contributed by atoms with Crippen molar-refractivity contribution >= 4 is 23.8 Å². The summed E-state index contributed by atoms with van der Waals surface area (Å²) in [5.41, 5.74) is 0.995. The topological polar surface area (TPSA) is 41.6 Å². The Morgan fingerprint density at radius 2 is 2.21 bits per heavy atom. The zero-order valence-electron chi connectivity index (χ0n) is 11.6. The van der Waals surface area contributed by atoms with Gasteiger partial charge >= 0.3 is 5.97 Å². The molecule has 0 heterocycles. The fourth-order valence-corrected chi connectivity index (χ4v) is 1.87. The van der Waals surface area contributed by atoms with E-state index >= 15 is 0 Å². The molecule has 106 valence electrons. The number of anilines is 1. The maximum atomic E-state index is 13.9. The van der Waals surface area contributed by atoms with Crippen molar-refractivity contribution in [1.29, 1.82) is 0 Å². The number of hydrogen-bond acceptors (Lipinski definition) is 5. The molecule has 0 aliphatic rings. The van der Waals surface area contributed by atoms with Crippen molar-refractivity contribution < 1.29 is 13.9 Å². The van der Waals surface area contributed by atoms with Gasteiger partial charge in [-0.1, -0.05) is 6.07 Å². The second-order valence-electron chi connectivity index (χ2n) is 4.22. The van der Waals surface area contributed by atoms with Gasteiger partial charge in [0.25, 0.3) is 0 Å². The molecule has 0 fully saturated rings. The Morgan fingerprint density at radius 1 is 1.53 bits per heavy atom. The van der Waals surface area contributed by atoms with Crippen molar-refractivity contribution in [2.75, 3.05) is 25.4 Å². The van der Waals surface area contributed by atoms with Crippen LogP contribution in [0.25, 0.3) is 0 Å². The molecule has 0 aromatic heterocycles. The van der Waals surface area contributed by atoms with E-state index in [-0.39, 0.29) is 11.8 Å². The Hall–Kier alpha value is -1.27. The lowest BCUT2D eigenvalue weighted by molar-refractivity contribution is -0.144. The van der Waals surface area contributed by atoms with Crippen molar-refractivity contribution in [3.63, 3.8) is 0 Å². The maximum Gasteiger partial charge on any atom is 0.313 e. The van der Waals surface area contributed by atoms with Gasteiger partial charge in [0, 0.05) is 12.1 Å². The summed E-state index contributed by atoms with van der Waals surface area (Å²) in [6, 6.07) is 4.71. The summed E-state index contributed by atoms with van der Waals surface area (Å²) in [5.74, 6) is -1.20. The summed E-state index contributed by atoms with van der Waals surface area (Å²) in [7, 11) is 3.71. The molecule has 0 aliphatic heterocycles. The van der Waals surface area contributed by atoms with E-state index in [4.69, 9.17) is 4.74 Å². The van der Waals surface area contributed by atoms with Crippen molar-refractivity contribution in [2.45, 2.75) is 19.8 Å². The van der Waals surface area contributed by atoms with Gasteiger partial charge in [0.05, 0.1) is 18.2 Å². The highest BCUT2D eigenvalue weighted by atomic mass is 32.2. The van der Waals surface area contributed by atoms with Gasteiger partial charge in [-0.15, -0.1) is 0 Å². The van der Waals surface area contributed by atoms with Gasteiger partial charge in [-0.05, 0) is 45.6 Å². The second-order valence-corrected chi connectivity index (χ2v) is 5.34. The number of hydrogen-bond donors (Lipinski definition) is 1. The van der Waals surface area contributed by atoms with Crippen LogP contribution in [-0.2, 0) is 9.53 Å². The third-order valence-electron chi connectivity index (χ3n) is 2.47. The lowest BCUT2D eigenvalue weighted by atomic mass is 10.0. The zero-order valence-corrected chi connectivity index (χ0v) is 12.4. The Balaban J connectivity index is 2.78. The summed E-state index contributed by atoms with van der Waals surface area (Å²) in [6.07, 6.45) is 0. The van der Waals surface area contributed by atoms with E-state index in [0.29, 0.717) is 17.9 Å². The number of ether oxygens (including phenoxy) is 1. The molecule has 0 saturated heterocycles. The number of esters is 1. The first-order valence-corrected chi connectivity index (χ1v) is 6.79. The van der Waals surface area contributed by atoms with Gasteiger partial charge in [-0.2, -0.15) is 0 Å². The standard InChI is InChI=1S/C13H19FN2O2S/c1-5-18-13(17)9(2)10-6-7-12(11(14)8-10)15-19-16(3)4/h6-9,15H,5H2,1-4H3. The summed E-state index contributed by atoms with van der Waals surface area (Å²) in [6.45, 7) is 3.77. The van der Waals surface area contributed by atoms with Gasteiger partial charge in [0.2, 0.25) is 0 Å². The predicted molar refractivity (Wildman–Crippen MR) is 76.3 cm³/mol. The number of carbonyl (C=O) groups is 1. The molecule has 0 bridgehead atoms. The van der Waals surface area contributed by atoms with Crippen LogP contribution in [-0.4, -0.2) is 31.0 Å². The van der Waals surface area contributed by atoms with E-state index < -0.39 is 5.92 Å². The highest BCUT2D eigenvalue weighted by Crippen LogP contribution is 2.24. The SMILES string of the molecule is CCOC(=O)C(C)c1ccc(NSN(C)C)c(F)c1. The third kappa shape index (κ3) is 4.72. The quantitative estimate of drug-likeness (QED) is 0.643. The molecule has 1 aromatic rings. The van der Waals surface area contributed by atoms with Crippen molar-refractivity contribution in [1.82, 2.24) is 4.31 Å². The largest absolute Gasteiger partial charge is 0.466 e. The van der Waals surface area contributed by atoms with Crippen LogP contribution in [0.1, 0.15) is 25.3 Å². The van der Waals surface area contributed by atoms with Crippen LogP contribution in [0.5, 0.6) is 0 Å². The maximum absolute atomic E-state index is 13.9. The van der Waals surface area contributed by atoms with Crippen molar-refractivity contribution in [3.8, 4) is 0 Å². The molecule has 1 unspecified atom stereocenters. The van der Waals surface area contributed by atoms with E-state index in [1.807, 2.05) is 18.4 Å². The smallest absolute Gasteiger partial charge is 0.313 e. The fourth-order valence-electron chi connectivity index (χ4n) is 1.43. The van der Waals surface area contributed by atoms with Crippen LogP contribution in [0.3, 0.4) is 0 Å². The summed E-state index contributed by atoms with van der Waals surface area (Å²) in [5, 5.41) is 0. The van der Waals surface area contributed by atoms with Gasteiger partial charge in [0.15, 0.2) is 0 Å². The average Bonchev–Trinajstić information content (AvgIpc) is 2.36. The zero-order chi connectivity index (χ0) is 14.4. The average molecular weight is 286 g/mol. The van der Waals surface area contributed by atoms with Crippen LogP contribution in [0.15, 0.2) is 18.2 Å². The van der Waals surface area contributed by atoms with Gasteiger partial charge in [-0.3, -0.25) is 4.79 Å². The molecule has 0 aliphatic carbocycles. The molecule has 0 saturated carbocycles. The van der Waals surface area contributed by atoms with Gasteiger partial charge < -0.3 is 9.46 Å². The summed E-state index contributed by atoms with van der Waals surface area (Å²) < 4.78 is 23.5. The lowest BCUT2D eigenvalue weighted by Crippen LogP contribution is -2.13. The number of nitrogens with zero attached hydrogens (tertiary/aromatic N) is 1. The third-order valence-corrected chi connectivity index (χ3v) is 3.15. The first kappa shape index (κ1) is 15.8. The first-order valence-electron chi connectivity index (χ1n) is 6.02. The van der Waals surface area contributed by atoms with Gasteiger partial charge in [-0.25, -0.2) is 8.70 Å². The normalized spacial score (nSPS) is 12.3. The molecular weight excluding hydrogens is 267 g/mol. The minimum absolute atomic E-state index is 0.324. The van der Waals surface area contributed by atoms with Gasteiger partial charge in [0.1, 0.15) is 5.82 Å². The van der Waals surface area contributed by atoms with Crippen molar-refractivity contribution in [3.05, 3.63) is 29.6 Å². The minimum atomic E-state index is -0.468. The fraction of sp³-hybridized carbons (Fsp3) is 0.462. The molecule has 0 spiro atoms. The minimum Gasteiger partial charge on any atom is -0.466 e. The molecular formula is C13H19FN2O2S. The van der Waals surface area contributed by atoms with E-state index in [9.17, 15) is 9.18 Å². The molecule has 6 heteroatoms. The van der Waals surface area contributed by atoms with Crippen molar-refractivity contribution in [2.24, 2.45) is 0 Å². The van der Waals surface area contributed by atoms with Crippen LogP contribution >= 0.6 is 12.1 Å². The summed E-state index contributed by atoms with van der Waals surface area (Å²) >= 11 is 1.28. The monoisotopic (exact) mass is 286 g/mol. The lowest BCUT2D eigenvalue weighted by Gasteiger charge is -2.14. The number of carbonyl (C=O) groups excluding carboxylic acids is 1. The second kappa shape index (κ2) is 7.35. The van der Waals surface area contributed by atoms with E-state index in [1.54, 1.807) is 26.0 Å². The molecule has 0 radical (unpaired) electrons. The molecule has 1 atom stereocenters. The van der Waals surface area contributed by atoms with Crippen LogP contribution in [0.2, 0.25) is 0 Å². The predicted octanol–water partition coefficient (Wildman–Crippen LogP) is 3.03. The molecule has 1 rings (SSSR count). The Morgan fingerprint density at radius 3 is 2.74 bits per heavy atom. The molecule has 1 N–H and O–H groups in total. The first-order chi connectivity index (χ1) is 8.95. The van der Waals surface area contributed by atoms with Crippen LogP contribution < -0.4 is 4.72 Å². The van der Waals surface area contributed by atoms with E-state index in [1.165, 1.54) is 18.2 Å². The van der Waals surface area contributed by atoms with Crippen LogP contribution in [0, 0.1) is 5.82 Å². The molecule has 0 amide bonds. The number of rotatable bonds is 6. The summed E-state index contributed by atoms with van der Waals surface area (Å²) in [4.78, 5) is 11.6. The Kier molecular flexibility index (Phi) is 6.11. The Bertz CT molecular complexity index is 441. The Labute approximate surface area is 117 Å². The molecule has 19 heavy (non-hydrogen) atoms. The molecule has 4 nitrogen and oxygen atoms in total. The number of benzene rings is 1. The van der Waals surface area contributed by atoms with E-state index in [2.05, 4.69) is 4.72 Å². The molecule has 1 aromatic carbocycles. The number of halogens is 1. The van der Waals surface area contributed by atoms with E-state index in [0.717, 1.165) is 0 Å². The number of nitrogens with one attached hydrogen (secondary N) is 1. The van der Waals surface area contributed by atoms with Crippen LogP contribution in [0.4, 0.5) is 10.1 Å². The highest BCUT2D eigenvalue weighted by molar-refractivity contribution is 7.98. The highest BCUT2D eigenvalue weighted by Gasteiger charge is 2.17.